The topological polar surface area (TPSA) is 33.4 Å². The molecule has 124 valence electrons. The Labute approximate surface area is 157 Å². The van der Waals surface area contributed by atoms with Crippen molar-refractivity contribution in [1.82, 2.24) is 14.6 Å². The number of aromatic nitrogens is 3. The summed E-state index contributed by atoms with van der Waals surface area (Å²) >= 11 is 5.19. The second kappa shape index (κ2) is 5.97. The molecule has 5 rings (SSSR count). The first kappa shape index (κ1) is 15.1. The van der Waals surface area contributed by atoms with Gasteiger partial charge in [-0.25, -0.2) is 0 Å². The summed E-state index contributed by atoms with van der Waals surface area (Å²) in [6.45, 7) is 2.00. The second-order valence-corrected chi connectivity index (χ2v) is 8.19. The van der Waals surface area contributed by atoms with E-state index >= 15 is 0 Å². The van der Waals surface area contributed by atoms with Gasteiger partial charge in [0.25, 0.3) is 0 Å². The van der Waals surface area contributed by atoms with Crippen LogP contribution in [-0.2, 0) is 13.0 Å². The first-order chi connectivity index (χ1) is 12.3. The quantitative estimate of drug-likeness (QED) is 0.487. The molecular weight excluding hydrogens is 396 g/mol. The van der Waals surface area contributed by atoms with Crippen molar-refractivity contribution in [2.24, 2.45) is 0 Å². The first-order valence-electron chi connectivity index (χ1n) is 8.20. The lowest BCUT2D eigenvalue weighted by atomic mass is 10.2. The smallest absolute Gasteiger partial charge is 0.216 e. The van der Waals surface area contributed by atoms with Crippen LogP contribution >= 0.6 is 27.3 Å². The minimum atomic E-state index is 0.895. The van der Waals surface area contributed by atoms with Crippen LogP contribution in [0.2, 0.25) is 0 Å². The average molecular weight is 411 g/mol. The molecule has 3 heterocycles. The SMILES string of the molecule is Brc1ccc(-c2nnc3sc(CN4CCc5ccccc54)cn23)cc1. The maximum Gasteiger partial charge on any atom is 0.216 e. The Kier molecular flexibility index (Phi) is 3.60. The lowest BCUT2D eigenvalue weighted by molar-refractivity contribution is 0.843. The van der Waals surface area contributed by atoms with E-state index in [1.165, 1.54) is 16.1 Å². The lowest BCUT2D eigenvalue weighted by Crippen LogP contribution is -2.18. The molecule has 0 fully saturated rings. The third kappa shape index (κ3) is 2.65. The van der Waals surface area contributed by atoms with Gasteiger partial charge in [0, 0.05) is 33.3 Å². The summed E-state index contributed by atoms with van der Waals surface area (Å²) in [7, 11) is 0. The molecule has 0 N–H and O–H groups in total. The summed E-state index contributed by atoms with van der Waals surface area (Å²) in [6.07, 6.45) is 3.31. The number of fused-ring (bicyclic) bond motifs is 2. The number of benzene rings is 2. The van der Waals surface area contributed by atoms with E-state index < -0.39 is 0 Å². The zero-order chi connectivity index (χ0) is 16.8. The van der Waals surface area contributed by atoms with Gasteiger partial charge in [0.1, 0.15) is 0 Å². The van der Waals surface area contributed by atoms with Crippen LogP contribution < -0.4 is 4.90 Å². The fourth-order valence-electron chi connectivity index (χ4n) is 3.38. The highest BCUT2D eigenvalue weighted by atomic mass is 79.9. The third-order valence-electron chi connectivity index (χ3n) is 4.59. The van der Waals surface area contributed by atoms with Crippen molar-refractivity contribution in [3.63, 3.8) is 0 Å². The molecular formula is C19H15BrN4S. The van der Waals surface area contributed by atoms with Gasteiger partial charge >= 0.3 is 0 Å². The molecule has 0 unspecified atom stereocenters. The maximum atomic E-state index is 4.36. The van der Waals surface area contributed by atoms with Crippen LogP contribution in [0.5, 0.6) is 0 Å². The molecule has 0 saturated heterocycles. The van der Waals surface area contributed by atoms with E-state index in [9.17, 15) is 0 Å². The number of hydrogen-bond acceptors (Lipinski definition) is 4. The fraction of sp³-hybridized carbons (Fsp3) is 0.158. The average Bonchev–Trinajstić information content (AvgIpc) is 3.31. The van der Waals surface area contributed by atoms with E-state index in [2.05, 4.69) is 78.0 Å². The molecule has 2 aromatic carbocycles. The third-order valence-corrected chi connectivity index (χ3v) is 6.08. The van der Waals surface area contributed by atoms with Crippen LogP contribution in [0.4, 0.5) is 5.69 Å². The Hall–Kier alpha value is -2.18. The van der Waals surface area contributed by atoms with Crippen LogP contribution in [0, 0.1) is 0 Å². The maximum absolute atomic E-state index is 4.36. The zero-order valence-electron chi connectivity index (χ0n) is 13.4. The summed E-state index contributed by atoms with van der Waals surface area (Å²) in [5.41, 5.74) is 3.88. The van der Waals surface area contributed by atoms with E-state index in [1.807, 2.05) is 12.1 Å². The molecule has 6 heteroatoms. The molecule has 0 spiro atoms. The molecule has 0 aliphatic carbocycles. The predicted molar refractivity (Wildman–Crippen MR) is 105 cm³/mol. The molecule has 25 heavy (non-hydrogen) atoms. The zero-order valence-corrected chi connectivity index (χ0v) is 15.8. The number of anilines is 1. The molecule has 1 aliphatic heterocycles. The van der Waals surface area contributed by atoms with E-state index in [-0.39, 0.29) is 0 Å². The minimum Gasteiger partial charge on any atom is -0.366 e. The summed E-state index contributed by atoms with van der Waals surface area (Å²) in [5.74, 6) is 0.895. The Balaban J connectivity index is 1.47. The molecule has 1 aliphatic rings. The van der Waals surface area contributed by atoms with E-state index in [4.69, 9.17) is 0 Å². The summed E-state index contributed by atoms with van der Waals surface area (Å²) < 4.78 is 3.17. The highest BCUT2D eigenvalue weighted by Crippen LogP contribution is 2.31. The van der Waals surface area contributed by atoms with Crippen LogP contribution in [-0.4, -0.2) is 21.1 Å². The van der Waals surface area contributed by atoms with Gasteiger partial charge in [-0.05, 0) is 30.2 Å². The first-order valence-corrected chi connectivity index (χ1v) is 9.81. The largest absolute Gasteiger partial charge is 0.366 e. The second-order valence-electron chi connectivity index (χ2n) is 6.18. The summed E-state index contributed by atoms with van der Waals surface area (Å²) in [6, 6.07) is 16.9. The van der Waals surface area contributed by atoms with Crippen molar-refractivity contribution in [3.05, 3.63) is 69.6 Å². The van der Waals surface area contributed by atoms with Crippen molar-refractivity contribution < 1.29 is 0 Å². The molecule has 4 aromatic rings. The van der Waals surface area contributed by atoms with E-state index in [0.717, 1.165) is 40.3 Å². The molecule has 2 aromatic heterocycles. The van der Waals surface area contributed by atoms with Crippen LogP contribution in [0.3, 0.4) is 0 Å². The summed E-state index contributed by atoms with van der Waals surface area (Å²) in [4.78, 5) is 4.70. The van der Waals surface area contributed by atoms with Crippen molar-refractivity contribution in [1.29, 1.82) is 0 Å². The molecule has 0 bridgehead atoms. The van der Waals surface area contributed by atoms with E-state index in [1.54, 1.807) is 11.3 Å². The Morgan fingerprint density at radius 2 is 1.88 bits per heavy atom. The highest BCUT2D eigenvalue weighted by molar-refractivity contribution is 9.10. The van der Waals surface area contributed by atoms with Gasteiger partial charge in [-0.15, -0.1) is 10.2 Å². The standard InChI is InChI=1S/C19H15BrN4S/c20-15-7-5-14(6-8-15)18-21-22-19-24(18)12-16(25-19)11-23-10-9-13-3-1-2-4-17(13)23/h1-8,12H,9-11H2. The van der Waals surface area contributed by atoms with Gasteiger partial charge in [-0.2, -0.15) is 0 Å². The number of thiazole rings is 1. The predicted octanol–water partition coefficient (Wildman–Crippen LogP) is 4.78. The Bertz CT molecular complexity index is 1050. The molecule has 4 nitrogen and oxygen atoms in total. The van der Waals surface area contributed by atoms with Crippen LogP contribution in [0.1, 0.15) is 10.4 Å². The summed E-state index contributed by atoms with van der Waals surface area (Å²) in [5, 5.41) is 8.72. The van der Waals surface area contributed by atoms with Gasteiger partial charge in [0.05, 0.1) is 6.54 Å². The number of hydrogen-bond donors (Lipinski definition) is 0. The fourth-order valence-corrected chi connectivity index (χ4v) is 4.57. The monoisotopic (exact) mass is 410 g/mol. The van der Waals surface area contributed by atoms with Crippen molar-refractivity contribution in [2.75, 3.05) is 11.4 Å². The van der Waals surface area contributed by atoms with E-state index in [0.29, 0.717) is 0 Å². The van der Waals surface area contributed by atoms with Crippen molar-refractivity contribution in [3.8, 4) is 11.4 Å². The normalized spacial score (nSPS) is 13.6. The van der Waals surface area contributed by atoms with Crippen molar-refractivity contribution >= 4 is 37.9 Å². The molecule has 0 radical (unpaired) electrons. The van der Waals surface area contributed by atoms with Gasteiger partial charge in [-0.3, -0.25) is 4.40 Å². The molecule has 0 amide bonds. The minimum absolute atomic E-state index is 0.895. The molecule has 0 atom stereocenters. The highest BCUT2D eigenvalue weighted by Gasteiger charge is 2.20. The van der Waals surface area contributed by atoms with Gasteiger partial charge in [-0.1, -0.05) is 57.6 Å². The van der Waals surface area contributed by atoms with Crippen LogP contribution in [0.25, 0.3) is 16.3 Å². The number of nitrogens with zero attached hydrogens (tertiary/aromatic N) is 4. The Morgan fingerprint density at radius 3 is 2.76 bits per heavy atom. The number of halogens is 1. The van der Waals surface area contributed by atoms with Crippen molar-refractivity contribution in [2.45, 2.75) is 13.0 Å². The number of rotatable bonds is 3. The van der Waals surface area contributed by atoms with Gasteiger partial charge in [0.15, 0.2) is 5.82 Å². The number of para-hydroxylation sites is 1. The Morgan fingerprint density at radius 1 is 1.04 bits per heavy atom. The molecule has 0 saturated carbocycles. The van der Waals surface area contributed by atoms with Gasteiger partial charge < -0.3 is 4.90 Å². The lowest BCUT2D eigenvalue weighted by Gasteiger charge is -2.17. The van der Waals surface area contributed by atoms with Crippen LogP contribution in [0.15, 0.2) is 59.2 Å². The van der Waals surface area contributed by atoms with Gasteiger partial charge in [0.2, 0.25) is 4.96 Å².